The normalized spacial score (nSPS) is 15.1. The highest BCUT2D eigenvalue weighted by atomic mass is 35.5. The Bertz CT molecular complexity index is 1370. The summed E-state index contributed by atoms with van der Waals surface area (Å²) in [7, 11) is -6.20. The quantitative estimate of drug-likeness (QED) is 0.480. The highest BCUT2D eigenvalue weighted by Gasteiger charge is 2.44. The van der Waals surface area contributed by atoms with Crippen LogP contribution in [-0.4, -0.2) is 58.1 Å². The summed E-state index contributed by atoms with van der Waals surface area (Å²) < 4.78 is 61.8. The van der Waals surface area contributed by atoms with Crippen LogP contribution < -0.4 is 4.18 Å². The van der Waals surface area contributed by atoms with Crippen LogP contribution in [0.15, 0.2) is 35.2 Å². The van der Waals surface area contributed by atoms with Crippen molar-refractivity contribution >= 4 is 55.4 Å². The van der Waals surface area contributed by atoms with E-state index in [2.05, 4.69) is 0 Å². The minimum Gasteiger partial charge on any atom is -0.439 e. The Morgan fingerprint density at radius 1 is 1.15 bits per heavy atom. The number of hydrogen-bond acceptors (Lipinski definition) is 8. The van der Waals surface area contributed by atoms with Crippen molar-refractivity contribution in [2.24, 2.45) is 0 Å². The first-order chi connectivity index (χ1) is 15.7. The van der Waals surface area contributed by atoms with Crippen LogP contribution in [0.25, 0.3) is 0 Å². The molecule has 184 valence electrons. The van der Waals surface area contributed by atoms with Crippen molar-refractivity contribution < 1.29 is 35.3 Å². The lowest BCUT2D eigenvalue weighted by Crippen LogP contribution is -2.33. The van der Waals surface area contributed by atoms with Gasteiger partial charge in [-0.15, -0.1) is 0 Å². The minimum absolute atomic E-state index is 0.0117. The van der Waals surface area contributed by atoms with Gasteiger partial charge in [-0.05, 0) is 29.7 Å². The van der Waals surface area contributed by atoms with E-state index >= 15 is 0 Å². The molecule has 2 aromatic rings. The second kappa shape index (κ2) is 9.34. The van der Waals surface area contributed by atoms with Crippen molar-refractivity contribution in [2.45, 2.75) is 24.7 Å². The van der Waals surface area contributed by atoms with E-state index in [9.17, 15) is 26.4 Å². The molecule has 0 aliphatic carbocycles. The molecule has 0 unspecified atom stereocenters. The Labute approximate surface area is 207 Å². The third-order valence-corrected chi connectivity index (χ3v) is 8.52. The maximum atomic E-state index is 13.2. The SMILES string of the molecule is CC(C)c1cc(OS(=O)(=O)N(C)C)cc2c1C(=O)N(COC(=O)c1c(Cl)cccc1Cl)S2(=O)=O. The standard InChI is InChI=1S/C20H20Cl2N2O8S2/c1-11(2)13-8-12(32-34(29,30)23(3)4)9-16-17(13)19(25)24(33(16,27)28)10-31-20(26)18-14(21)6-5-7-15(18)22/h5-9,11H,10H2,1-4H3. The Balaban J connectivity index is 1.99. The van der Waals surface area contributed by atoms with Gasteiger partial charge in [0.25, 0.3) is 15.9 Å². The maximum Gasteiger partial charge on any atom is 0.384 e. The van der Waals surface area contributed by atoms with Crippen LogP contribution in [0.1, 0.15) is 46.0 Å². The third-order valence-electron chi connectivity index (χ3n) is 4.87. The number of fused-ring (bicyclic) bond motifs is 1. The van der Waals surface area contributed by atoms with Gasteiger partial charge in [0.05, 0.1) is 21.2 Å². The zero-order chi connectivity index (χ0) is 25.6. The summed E-state index contributed by atoms with van der Waals surface area (Å²) in [5, 5.41) is -0.0234. The average molecular weight is 551 g/mol. The van der Waals surface area contributed by atoms with Crippen LogP contribution in [0.4, 0.5) is 0 Å². The average Bonchev–Trinajstić information content (AvgIpc) is 2.90. The zero-order valence-corrected chi connectivity index (χ0v) is 21.5. The number of sulfonamides is 1. The molecule has 0 saturated heterocycles. The number of benzene rings is 2. The lowest BCUT2D eigenvalue weighted by atomic mass is 9.96. The van der Waals surface area contributed by atoms with Gasteiger partial charge in [-0.3, -0.25) is 4.79 Å². The smallest absolute Gasteiger partial charge is 0.384 e. The van der Waals surface area contributed by atoms with E-state index in [1.54, 1.807) is 13.8 Å². The van der Waals surface area contributed by atoms with Crippen molar-refractivity contribution in [3.63, 3.8) is 0 Å². The number of ether oxygens (including phenoxy) is 1. The Hall–Kier alpha value is -2.38. The number of carbonyl (C=O) groups is 2. The number of halogens is 2. The van der Waals surface area contributed by atoms with Gasteiger partial charge in [0.15, 0.2) is 6.73 Å². The van der Waals surface area contributed by atoms with Gasteiger partial charge in [-0.2, -0.15) is 17.0 Å². The molecule has 0 fully saturated rings. The summed E-state index contributed by atoms with van der Waals surface area (Å²) in [6.45, 7) is 2.45. The second-order valence-corrected chi connectivity index (χ2v) is 12.1. The monoisotopic (exact) mass is 550 g/mol. The lowest BCUT2D eigenvalue weighted by molar-refractivity contribution is 0.0358. The number of esters is 1. The molecule has 0 atom stereocenters. The van der Waals surface area contributed by atoms with Crippen molar-refractivity contribution in [3.05, 3.63) is 57.1 Å². The van der Waals surface area contributed by atoms with Crippen LogP contribution in [0, 0.1) is 0 Å². The topological polar surface area (TPSA) is 127 Å². The Kier molecular flexibility index (Phi) is 7.21. The summed E-state index contributed by atoms with van der Waals surface area (Å²) in [5.41, 5.74) is -0.0886. The first-order valence-corrected chi connectivity index (χ1v) is 13.2. The molecule has 10 nitrogen and oxygen atoms in total. The molecule has 1 amide bonds. The summed E-state index contributed by atoms with van der Waals surface area (Å²) in [5.74, 6) is -2.62. The van der Waals surface area contributed by atoms with Crippen LogP contribution in [0.2, 0.25) is 10.0 Å². The molecular formula is C20H20Cl2N2O8S2. The predicted octanol–water partition coefficient (Wildman–Crippen LogP) is 3.26. The van der Waals surface area contributed by atoms with Crippen LogP contribution in [-0.2, 0) is 25.1 Å². The molecule has 1 heterocycles. The van der Waals surface area contributed by atoms with Gasteiger partial charge in [-0.1, -0.05) is 43.1 Å². The van der Waals surface area contributed by atoms with Gasteiger partial charge in [0.2, 0.25) is 0 Å². The second-order valence-electron chi connectivity index (χ2n) is 7.68. The van der Waals surface area contributed by atoms with E-state index in [0.29, 0.717) is 4.31 Å². The summed E-state index contributed by atoms with van der Waals surface area (Å²) in [6.07, 6.45) is 0. The molecule has 0 saturated carbocycles. The zero-order valence-electron chi connectivity index (χ0n) is 18.4. The van der Waals surface area contributed by atoms with Crippen LogP contribution in [0.5, 0.6) is 5.75 Å². The first kappa shape index (κ1) is 26.2. The van der Waals surface area contributed by atoms with Gasteiger partial charge >= 0.3 is 16.3 Å². The van der Waals surface area contributed by atoms with Crippen molar-refractivity contribution in [1.82, 2.24) is 8.61 Å². The fraction of sp³-hybridized carbons (Fsp3) is 0.300. The number of carbonyl (C=O) groups excluding carboxylic acids is 2. The van der Waals surface area contributed by atoms with Crippen molar-refractivity contribution in [3.8, 4) is 5.75 Å². The molecule has 0 N–H and O–H groups in total. The molecule has 14 heteroatoms. The minimum atomic E-state index is -4.50. The summed E-state index contributed by atoms with van der Waals surface area (Å²) in [4.78, 5) is 25.1. The van der Waals surface area contributed by atoms with Gasteiger partial charge in [0.1, 0.15) is 10.6 Å². The molecule has 2 aromatic carbocycles. The van der Waals surface area contributed by atoms with Gasteiger partial charge in [-0.25, -0.2) is 13.2 Å². The lowest BCUT2D eigenvalue weighted by Gasteiger charge is -2.16. The molecule has 0 aromatic heterocycles. The van der Waals surface area contributed by atoms with E-state index in [-0.39, 0.29) is 38.4 Å². The van der Waals surface area contributed by atoms with Crippen LogP contribution in [0.3, 0.4) is 0 Å². The molecule has 0 bridgehead atoms. The largest absolute Gasteiger partial charge is 0.439 e. The Morgan fingerprint density at radius 2 is 1.74 bits per heavy atom. The van der Waals surface area contributed by atoms with E-state index in [1.807, 2.05) is 0 Å². The molecule has 0 spiro atoms. The number of hydrogen-bond donors (Lipinski definition) is 0. The Morgan fingerprint density at radius 3 is 2.26 bits per heavy atom. The van der Waals surface area contributed by atoms with Gasteiger partial charge < -0.3 is 8.92 Å². The maximum absolute atomic E-state index is 13.2. The molecular weight excluding hydrogens is 531 g/mol. The van der Waals surface area contributed by atoms with Crippen molar-refractivity contribution in [2.75, 3.05) is 20.8 Å². The van der Waals surface area contributed by atoms with Crippen LogP contribution >= 0.6 is 23.2 Å². The number of rotatable bonds is 7. The molecule has 1 aliphatic heterocycles. The fourth-order valence-corrected chi connectivity index (χ4v) is 5.61. The van der Waals surface area contributed by atoms with Crippen molar-refractivity contribution in [1.29, 1.82) is 0 Å². The third kappa shape index (κ3) is 4.73. The van der Waals surface area contributed by atoms with E-state index in [0.717, 1.165) is 10.4 Å². The molecule has 1 aliphatic rings. The predicted molar refractivity (Wildman–Crippen MR) is 124 cm³/mol. The van der Waals surface area contributed by atoms with E-state index in [1.165, 1.54) is 38.4 Å². The van der Waals surface area contributed by atoms with Gasteiger partial charge in [0, 0.05) is 20.2 Å². The molecule has 3 rings (SSSR count). The highest BCUT2D eigenvalue weighted by Crippen LogP contribution is 2.39. The molecule has 34 heavy (non-hydrogen) atoms. The number of nitrogens with zero attached hydrogens (tertiary/aromatic N) is 2. The summed E-state index contributed by atoms with van der Waals surface area (Å²) >= 11 is 11.9. The summed E-state index contributed by atoms with van der Waals surface area (Å²) in [6, 6.07) is 6.54. The number of amides is 1. The van der Waals surface area contributed by atoms with E-state index in [4.69, 9.17) is 32.1 Å². The first-order valence-electron chi connectivity index (χ1n) is 9.66. The fourth-order valence-electron chi connectivity index (χ4n) is 3.11. The highest BCUT2D eigenvalue weighted by molar-refractivity contribution is 7.90. The molecule has 0 radical (unpaired) electrons. The van der Waals surface area contributed by atoms with E-state index < -0.39 is 43.8 Å².